The summed E-state index contributed by atoms with van der Waals surface area (Å²) in [4.78, 5) is 19.4. The van der Waals surface area contributed by atoms with Gasteiger partial charge in [0.15, 0.2) is 5.13 Å². The fraction of sp³-hybridized carbons (Fsp3) is 0.200. The van der Waals surface area contributed by atoms with E-state index < -0.39 is 0 Å². The SMILES string of the molecule is CCN(CC)c1nc(-c2cccc(NC(=O)c3ccccc3Cl)c2)cs1. The summed E-state index contributed by atoms with van der Waals surface area (Å²) in [6.45, 7) is 6.10. The molecule has 0 atom stereocenters. The van der Waals surface area contributed by atoms with E-state index >= 15 is 0 Å². The third-order valence-electron chi connectivity index (χ3n) is 4.06. The van der Waals surface area contributed by atoms with Crippen LogP contribution < -0.4 is 10.2 Å². The fourth-order valence-electron chi connectivity index (χ4n) is 2.64. The summed E-state index contributed by atoms with van der Waals surface area (Å²) >= 11 is 7.73. The van der Waals surface area contributed by atoms with Gasteiger partial charge in [-0.2, -0.15) is 0 Å². The van der Waals surface area contributed by atoms with Gasteiger partial charge in [0.2, 0.25) is 0 Å². The first-order chi connectivity index (χ1) is 12.6. The van der Waals surface area contributed by atoms with Gasteiger partial charge in [-0.15, -0.1) is 11.3 Å². The van der Waals surface area contributed by atoms with E-state index in [1.165, 1.54) is 0 Å². The van der Waals surface area contributed by atoms with Crippen LogP contribution in [-0.4, -0.2) is 24.0 Å². The van der Waals surface area contributed by atoms with E-state index in [9.17, 15) is 4.79 Å². The van der Waals surface area contributed by atoms with Crippen LogP contribution in [0, 0.1) is 0 Å². The molecule has 1 heterocycles. The maximum Gasteiger partial charge on any atom is 0.257 e. The first-order valence-corrected chi connectivity index (χ1v) is 9.75. The molecule has 0 saturated carbocycles. The quantitative estimate of drug-likeness (QED) is 0.604. The topological polar surface area (TPSA) is 45.2 Å². The van der Waals surface area contributed by atoms with Gasteiger partial charge in [0.1, 0.15) is 0 Å². The maximum atomic E-state index is 12.4. The summed E-state index contributed by atoms with van der Waals surface area (Å²) in [5, 5.41) is 6.39. The van der Waals surface area contributed by atoms with E-state index in [1.807, 2.05) is 29.6 Å². The van der Waals surface area contributed by atoms with Gasteiger partial charge in [0.05, 0.1) is 16.3 Å². The van der Waals surface area contributed by atoms with Gasteiger partial charge in [-0.1, -0.05) is 35.9 Å². The molecule has 1 amide bonds. The van der Waals surface area contributed by atoms with Crippen molar-refractivity contribution in [2.24, 2.45) is 0 Å². The molecule has 2 aromatic carbocycles. The molecule has 0 aliphatic rings. The number of nitrogens with one attached hydrogen (secondary N) is 1. The standard InChI is InChI=1S/C20H20ClN3OS/c1-3-24(4-2)20-23-18(13-26-20)14-8-7-9-15(12-14)22-19(25)16-10-5-6-11-17(16)21/h5-13H,3-4H2,1-2H3,(H,22,25). The predicted octanol–water partition coefficient (Wildman–Crippen LogP) is 5.56. The van der Waals surface area contributed by atoms with E-state index in [2.05, 4.69) is 24.1 Å². The van der Waals surface area contributed by atoms with Gasteiger partial charge in [-0.05, 0) is 38.1 Å². The van der Waals surface area contributed by atoms with Crippen molar-refractivity contribution in [3.63, 3.8) is 0 Å². The molecule has 134 valence electrons. The second kappa shape index (κ2) is 8.34. The minimum atomic E-state index is -0.227. The first-order valence-electron chi connectivity index (χ1n) is 8.49. The normalized spacial score (nSPS) is 10.6. The fourth-order valence-corrected chi connectivity index (χ4v) is 3.82. The highest BCUT2D eigenvalue weighted by Crippen LogP contribution is 2.29. The van der Waals surface area contributed by atoms with Crippen LogP contribution in [0.25, 0.3) is 11.3 Å². The highest BCUT2D eigenvalue weighted by molar-refractivity contribution is 7.14. The van der Waals surface area contributed by atoms with Crippen molar-refractivity contribution in [2.45, 2.75) is 13.8 Å². The molecule has 3 rings (SSSR count). The summed E-state index contributed by atoms with van der Waals surface area (Å²) in [5.74, 6) is -0.227. The molecule has 0 saturated heterocycles. The van der Waals surface area contributed by atoms with Crippen LogP contribution in [0.2, 0.25) is 5.02 Å². The summed E-state index contributed by atoms with van der Waals surface area (Å²) in [7, 11) is 0. The molecule has 0 spiro atoms. The summed E-state index contributed by atoms with van der Waals surface area (Å²) in [6.07, 6.45) is 0. The zero-order chi connectivity index (χ0) is 18.5. The van der Waals surface area contributed by atoms with Crippen molar-refractivity contribution >= 4 is 39.7 Å². The lowest BCUT2D eigenvalue weighted by atomic mass is 10.1. The molecule has 0 bridgehead atoms. The molecule has 0 fully saturated rings. The number of carbonyl (C=O) groups excluding carboxylic acids is 1. The predicted molar refractivity (Wildman–Crippen MR) is 111 cm³/mol. The van der Waals surface area contributed by atoms with Crippen molar-refractivity contribution in [1.82, 2.24) is 4.98 Å². The molecule has 4 nitrogen and oxygen atoms in total. The van der Waals surface area contributed by atoms with Gasteiger partial charge in [-0.25, -0.2) is 4.98 Å². The minimum Gasteiger partial charge on any atom is -0.349 e. The molecule has 1 N–H and O–H groups in total. The van der Waals surface area contributed by atoms with Crippen LogP contribution in [0.1, 0.15) is 24.2 Å². The van der Waals surface area contributed by atoms with Crippen LogP contribution in [0.5, 0.6) is 0 Å². The zero-order valence-corrected chi connectivity index (χ0v) is 16.3. The van der Waals surface area contributed by atoms with Crippen molar-refractivity contribution in [2.75, 3.05) is 23.3 Å². The van der Waals surface area contributed by atoms with Crippen molar-refractivity contribution < 1.29 is 4.79 Å². The van der Waals surface area contributed by atoms with E-state index in [0.29, 0.717) is 16.3 Å². The number of nitrogens with zero attached hydrogens (tertiary/aromatic N) is 2. The van der Waals surface area contributed by atoms with Gasteiger partial charge in [0, 0.05) is 29.7 Å². The third-order valence-corrected chi connectivity index (χ3v) is 5.29. The second-order valence-corrected chi connectivity index (χ2v) is 6.95. The average molecular weight is 386 g/mol. The summed E-state index contributed by atoms with van der Waals surface area (Å²) < 4.78 is 0. The number of rotatable bonds is 6. The molecule has 0 aliphatic carbocycles. The zero-order valence-electron chi connectivity index (χ0n) is 14.7. The molecule has 0 unspecified atom stereocenters. The Morgan fingerprint density at radius 3 is 2.65 bits per heavy atom. The van der Waals surface area contributed by atoms with Crippen LogP contribution in [-0.2, 0) is 0 Å². The Hall–Kier alpha value is -2.37. The maximum absolute atomic E-state index is 12.4. The Labute approximate surface area is 162 Å². The van der Waals surface area contributed by atoms with Gasteiger partial charge < -0.3 is 10.2 Å². The summed E-state index contributed by atoms with van der Waals surface area (Å²) in [5.41, 5.74) is 3.05. The van der Waals surface area contributed by atoms with E-state index in [4.69, 9.17) is 16.6 Å². The molecule has 1 aromatic heterocycles. The number of thiazole rings is 1. The lowest BCUT2D eigenvalue weighted by Crippen LogP contribution is -2.21. The van der Waals surface area contributed by atoms with Gasteiger partial charge in [-0.3, -0.25) is 4.79 Å². The summed E-state index contributed by atoms with van der Waals surface area (Å²) in [6, 6.07) is 14.7. The largest absolute Gasteiger partial charge is 0.349 e. The van der Waals surface area contributed by atoms with Crippen molar-refractivity contribution in [1.29, 1.82) is 0 Å². The van der Waals surface area contributed by atoms with E-state index in [1.54, 1.807) is 35.6 Å². The molecule has 3 aromatic rings. The van der Waals surface area contributed by atoms with Crippen LogP contribution >= 0.6 is 22.9 Å². The molecular formula is C20H20ClN3OS. The number of amides is 1. The molecule has 0 radical (unpaired) electrons. The Morgan fingerprint density at radius 2 is 1.92 bits per heavy atom. The molecule has 26 heavy (non-hydrogen) atoms. The molecule has 0 aliphatic heterocycles. The van der Waals surface area contributed by atoms with Crippen LogP contribution in [0.3, 0.4) is 0 Å². The van der Waals surface area contributed by atoms with Gasteiger partial charge >= 0.3 is 0 Å². The number of hydrogen-bond donors (Lipinski definition) is 1. The van der Waals surface area contributed by atoms with Crippen LogP contribution in [0.15, 0.2) is 53.9 Å². The monoisotopic (exact) mass is 385 g/mol. The van der Waals surface area contributed by atoms with Crippen LogP contribution in [0.4, 0.5) is 10.8 Å². The number of aromatic nitrogens is 1. The Kier molecular flexibility index (Phi) is 5.91. The Bertz CT molecular complexity index is 905. The number of carbonyl (C=O) groups is 1. The lowest BCUT2D eigenvalue weighted by Gasteiger charge is -2.16. The second-order valence-electron chi connectivity index (χ2n) is 5.70. The highest BCUT2D eigenvalue weighted by atomic mass is 35.5. The van der Waals surface area contributed by atoms with E-state index in [0.717, 1.165) is 29.5 Å². The van der Waals surface area contributed by atoms with Gasteiger partial charge in [0.25, 0.3) is 5.91 Å². The van der Waals surface area contributed by atoms with E-state index in [-0.39, 0.29) is 5.91 Å². The number of halogens is 1. The Morgan fingerprint density at radius 1 is 1.15 bits per heavy atom. The smallest absolute Gasteiger partial charge is 0.257 e. The number of anilines is 2. The molecular weight excluding hydrogens is 366 g/mol. The van der Waals surface area contributed by atoms with Crippen molar-refractivity contribution in [3.8, 4) is 11.3 Å². The van der Waals surface area contributed by atoms with Crippen molar-refractivity contribution in [3.05, 3.63) is 64.5 Å². The first kappa shape index (κ1) is 18.4. The Balaban J connectivity index is 1.81. The number of benzene rings is 2. The molecule has 6 heteroatoms. The highest BCUT2D eigenvalue weighted by Gasteiger charge is 2.12. The lowest BCUT2D eigenvalue weighted by molar-refractivity contribution is 0.102. The third kappa shape index (κ3) is 4.06. The number of hydrogen-bond acceptors (Lipinski definition) is 4. The minimum absolute atomic E-state index is 0.227. The average Bonchev–Trinajstić information content (AvgIpc) is 3.13.